The molecule has 2 aromatic rings. The van der Waals surface area contributed by atoms with Gasteiger partial charge in [-0.2, -0.15) is 0 Å². The van der Waals surface area contributed by atoms with Crippen LogP contribution in [0.5, 0.6) is 17.2 Å². The highest BCUT2D eigenvalue weighted by Crippen LogP contribution is 2.44. The van der Waals surface area contributed by atoms with Gasteiger partial charge in [0.1, 0.15) is 29.4 Å². The first-order chi connectivity index (χ1) is 16.0. The molecule has 0 radical (unpaired) electrons. The summed E-state index contributed by atoms with van der Waals surface area (Å²) in [4.78, 5) is 27.0. The molecule has 0 saturated carbocycles. The van der Waals surface area contributed by atoms with Crippen molar-refractivity contribution in [3.63, 3.8) is 0 Å². The average molecular weight is 601 g/mol. The molecular weight excluding hydrogens is 576 g/mol. The van der Waals surface area contributed by atoms with Crippen LogP contribution >= 0.6 is 38.4 Å². The second-order valence-electron chi connectivity index (χ2n) is 7.31. The molecule has 1 atom stereocenters. The Morgan fingerprint density at radius 3 is 2.73 bits per heavy atom. The fourth-order valence-electron chi connectivity index (χ4n) is 3.58. The first-order valence-corrected chi connectivity index (χ1v) is 15.2. The lowest BCUT2D eigenvalue weighted by Gasteiger charge is -2.19. The van der Waals surface area contributed by atoms with Gasteiger partial charge in [-0.1, -0.05) is 38.8 Å². The highest BCUT2D eigenvalue weighted by atomic mass is 127. The molecule has 2 aromatic carbocycles. The van der Waals surface area contributed by atoms with E-state index in [0.717, 1.165) is 28.0 Å². The molecule has 0 saturated heterocycles. The van der Waals surface area contributed by atoms with E-state index < -0.39 is 8.30 Å². The molecule has 33 heavy (non-hydrogen) atoms. The zero-order chi connectivity index (χ0) is 23.8. The van der Waals surface area contributed by atoms with E-state index >= 15 is 0 Å². The smallest absolute Gasteiger partial charge is 0.342 e. The fraction of sp³-hybridized carbons (Fsp3) is 0.348. The van der Waals surface area contributed by atoms with Gasteiger partial charge in [0.2, 0.25) is 0 Å². The summed E-state index contributed by atoms with van der Waals surface area (Å²) >= 11 is 2.21. The Labute approximate surface area is 211 Å². The van der Waals surface area contributed by atoms with Crippen LogP contribution in [0.4, 0.5) is 0 Å². The Kier molecular flexibility index (Phi) is 9.82. The Morgan fingerprint density at radius 1 is 1.30 bits per heavy atom. The van der Waals surface area contributed by atoms with E-state index in [2.05, 4.69) is 26.2 Å². The molecule has 0 spiro atoms. The van der Waals surface area contributed by atoms with Crippen molar-refractivity contribution in [3.8, 4) is 17.2 Å². The van der Waals surface area contributed by atoms with Crippen molar-refractivity contribution in [1.29, 1.82) is 0 Å². The maximum absolute atomic E-state index is 12.5. The number of rotatable bonds is 12. The molecule has 7 nitrogen and oxygen atoms in total. The van der Waals surface area contributed by atoms with Crippen LogP contribution in [-0.2, 0) is 17.8 Å². The van der Waals surface area contributed by atoms with Gasteiger partial charge < -0.3 is 18.7 Å². The van der Waals surface area contributed by atoms with Gasteiger partial charge in [-0.15, -0.1) is 4.91 Å². The lowest BCUT2D eigenvalue weighted by Crippen LogP contribution is -2.10. The van der Waals surface area contributed by atoms with Gasteiger partial charge in [-0.25, -0.2) is 4.79 Å². The largest absolute Gasteiger partial charge is 0.496 e. The van der Waals surface area contributed by atoms with Crippen molar-refractivity contribution in [2.75, 3.05) is 25.6 Å². The topological polar surface area (TPSA) is 83.4 Å². The highest BCUT2D eigenvalue weighted by molar-refractivity contribution is 14.2. The van der Waals surface area contributed by atoms with Crippen LogP contribution in [0.25, 0.3) is 0 Å². The lowest BCUT2D eigenvalue weighted by atomic mass is 9.95. The van der Waals surface area contributed by atoms with Gasteiger partial charge in [0.15, 0.2) is 0 Å². The molecule has 1 aliphatic rings. The van der Waals surface area contributed by atoms with Gasteiger partial charge in [-0.05, 0) is 64.1 Å². The molecule has 0 aliphatic carbocycles. The van der Waals surface area contributed by atoms with Crippen LogP contribution in [-0.4, -0.2) is 31.6 Å². The van der Waals surface area contributed by atoms with Gasteiger partial charge in [0, 0.05) is 23.0 Å². The van der Waals surface area contributed by atoms with Crippen molar-refractivity contribution in [2.45, 2.75) is 26.9 Å². The van der Waals surface area contributed by atoms with Gasteiger partial charge in [-0.3, -0.25) is 0 Å². The average Bonchev–Trinajstić information content (AvgIpc) is 3.21. The highest BCUT2D eigenvalue weighted by Gasteiger charge is 2.33. The number of fused-ring (bicyclic) bond motifs is 1. The molecule has 1 aliphatic heterocycles. The SMILES string of the molecule is COc1c(C)c2c(c(OCCSI)c1C/C=C(\C)CP(N=O)Oc1ccccc1)C(=O)OC2. The predicted molar refractivity (Wildman–Crippen MR) is 141 cm³/mol. The number of carbonyl (C=O) groups is 1. The van der Waals surface area contributed by atoms with E-state index in [1.807, 2.05) is 38.1 Å². The molecule has 0 amide bonds. The van der Waals surface area contributed by atoms with E-state index in [1.54, 1.807) is 28.2 Å². The minimum Gasteiger partial charge on any atom is -0.496 e. The third-order valence-electron chi connectivity index (χ3n) is 5.12. The molecular formula is C23H25INO6PS. The molecule has 0 N–H and O–H groups in total. The Bertz CT molecular complexity index is 1030. The first kappa shape index (κ1) is 25.8. The van der Waals surface area contributed by atoms with Crippen molar-refractivity contribution in [3.05, 3.63) is 69.1 Å². The van der Waals surface area contributed by atoms with E-state index in [1.165, 1.54) is 0 Å². The second-order valence-corrected chi connectivity index (χ2v) is 11.2. The zero-order valence-electron chi connectivity index (χ0n) is 18.6. The number of hydrogen-bond acceptors (Lipinski definition) is 8. The summed E-state index contributed by atoms with van der Waals surface area (Å²) in [6.45, 7) is 4.53. The van der Waals surface area contributed by atoms with E-state index in [-0.39, 0.29) is 12.6 Å². The monoisotopic (exact) mass is 601 g/mol. The van der Waals surface area contributed by atoms with Gasteiger partial charge in [0.05, 0.1) is 13.7 Å². The number of para-hydroxylation sites is 1. The summed E-state index contributed by atoms with van der Waals surface area (Å²) < 4.78 is 22.8. The number of carbonyl (C=O) groups excluding carboxylic acids is 1. The van der Waals surface area contributed by atoms with Gasteiger partial charge >= 0.3 is 5.97 Å². The third-order valence-corrected chi connectivity index (χ3v) is 8.13. The van der Waals surface area contributed by atoms with Crippen molar-refractivity contribution in [1.82, 2.24) is 0 Å². The summed E-state index contributed by atoms with van der Waals surface area (Å²) in [5.41, 5.74) is 3.91. The number of esters is 1. The molecule has 176 valence electrons. The van der Waals surface area contributed by atoms with Crippen LogP contribution in [0.2, 0.25) is 0 Å². The van der Waals surface area contributed by atoms with Crippen LogP contribution in [0.3, 0.4) is 0 Å². The second kappa shape index (κ2) is 12.6. The normalized spacial score (nSPS) is 13.8. The maximum Gasteiger partial charge on any atom is 0.342 e. The Hall–Kier alpha value is -1.84. The molecule has 1 unspecified atom stereocenters. The Balaban J connectivity index is 1.87. The number of hydrogen-bond donors (Lipinski definition) is 0. The third kappa shape index (κ3) is 6.39. The maximum atomic E-state index is 12.5. The summed E-state index contributed by atoms with van der Waals surface area (Å²) in [6, 6.07) is 9.18. The summed E-state index contributed by atoms with van der Waals surface area (Å²) in [5.74, 6) is 2.22. The first-order valence-electron chi connectivity index (χ1n) is 10.2. The number of nitroso groups, excluding NO2 is 1. The quantitative estimate of drug-likeness (QED) is 0.0663. The number of nitrogens with zero attached hydrogens (tertiary/aromatic N) is 1. The number of halogens is 1. The minimum atomic E-state index is -1.54. The zero-order valence-corrected chi connectivity index (χ0v) is 22.5. The number of benzene rings is 2. The number of ether oxygens (including phenoxy) is 3. The number of methoxy groups -OCH3 is 1. The van der Waals surface area contributed by atoms with E-state index in [4.69, 9.17) is 18.7 Å². The van der Waals surface area contributed by atoms with E-state index in [0.29, 0.717) is 42.0 Å². The van der Waals surface area contributed by atoms with Crippen LogP contribution in [0, 0.1) is 11.8 Å². The minimum absolute atomic E-state index is 0.217. The Morgan fingerprint density at radius 2 is 2.06 bits per heavy atom. The molecule has 10 heteroatoms. The lowest BCUT2D eigenvalue weighted by molar-refractivity contribution is 0.0532. The predicted octanol–water partition coefficient (Wildman–Crippen LogP) is 6.78. The fourth-order valence-corrected chi connectivity index (χ4v) is 5.34. The summed E-state index contributed by atoms with van der Waals surface area (Å²) in [5, 5.41) is 0. The molecule has 1 heterocycles. The molecule has 0 aromatic heterocycles. The summed E-state index contributed by atoms with van der Waals surface area (Å²) in [7, 11) is 1.71. The molecule has 0 fully saturated rings. The van der Waals surface area contributed by atoms with Crippen LogP contribution in [0.1, 0.15) is 34.0 Å². The number of allylic oxidation sites excluding steroid dienone is 2. The van der Waals surface area contributed by atoms with E-state index in [9.17, 15) is 9.70 Å². The van der Waals surface area contributed by atoms with Crippen molar-refractivity contribution < 1.29 is 23.5 Å². The van der Waals surface area contributed by atoms with Crippen LogP contribution < -0.4 is 14.0 Å². The van der Waals surface area contributed by atoms with Crippen molar-refractivity contribution in [2.24, 2.45) is 4.95 Å². The standard InChI is InChI=1S/C23H25INO6PS/c1-15(14-32(25-27)31-17-7-5-4-6-8-17)9-10-18-21(28-3)16(2)19-13-30-23(26)20(19)22(18)29-11-12-33-24/h4-9H,10-14H2,1-3H3/b15-9+. The number of cyclic esters (lactones) is 1. The summed E-state index contributed by atoms with van der Waals surface area (Å²) in [6.07, 6.45) is 2.87. The molecule has 0 bridgehead atoms. The molecule has 3 rings (SSSR count). The van der Waals surface area contributed by atoms with Crippen LogP contribution in [0.15, 0.2) is 46.9 Å². The van der Waals surface area contributed by atoms with Crippen molar-refractivity contribution >= 4 is 44.4 Å². The van der Waals surface area contributed by atoms with Gasteiger partial charge in [0.25, 0.3) is 8.30 Å².